The van der Waals surface area contributed by atoms with Gasteiger partial charge in [-0.1, -0.05) is 0 Å². The summed E-state index contributed by atoms with van der Waals surface area (Å²) >= 11 is 0. The van der Waals surface area contributed by atoms with Crippen LogP contribution in [0, 0.1) is 6.92 Å². The third-order valence-electron chi connectivity index (χ3n) is 3.22. The summed E-state index contributed by atoms with van der Waals surface area (Å²) in [6, 6.07) is 2.08. The van der Waals surface area contributed by atoms with E-state index in [9.17, 15) is 4.79 Å². The summed E-state index contributed by atoms with van der Waals surface area (Å²) in [7, 11) is 0. The molecule has 1 aromatic rings. The Morgan fingerprint density at radius 2 is 2.07 bits per heavy atom. The van der Waals surface area contributed by atoms with Gasteiger partial charge < -0.3 is 4.74 Å². The maximum atomic E-state index is 11.7. The molecule has 0 aromatic heterocycles. The summed E-state index contributed by atoms with van der Waals surface area (Å²) in [5.41, 5.74) is 4.62. The van der Waals surface area contributed by atoms with E-state index in [0.29, 0.717) is 12.2 Å². The molecule has 3 rings (SSSR count). The van der Waals surface area contributed by atoms with Gasteiger partial charge in [0.1, 0.15) is 5.75 Å². The second kappa shape index (κ2) is 2.59. The Hall–Kier alpha value is -1.31. The molecule has 1 aliphatic heterocycles. The Balaban J connectivity index is 2.34. The predicted molar refractivity (Wildman–Crippen MR) is 53.0 cm³/mol. The number of hydrogen-bond acceptors (Lipinski definition) is 2. The largest absolute Gasteiger partial charge is 0.493 e. The lowest BCUT2D eigenvalue weighted by molar-refractivity contribution is 0.0994. The number of carbonyl (C=O) groups is 1. The van der Waals surface area contributed by atoms with Crippen molar-refractivity contribution in [3.05, 3.63) is 28.3 Å². The molecule has 0 fully saturated rings. The number of aryl methyl sites for hydroxylation is 1. The lowest BCUT2D eigenvalue weighted by atomic mass is 9.97. The van der Waals surface area contributed by atoms with E-state index in [1.54, 1.807) is 0 Å². The zero-order chi connectivity index (χ0) is 9.71. The second-order valence-corrected chi connectivity index (χ2v) is 4.05. The molecule has 1 aliphatic carbocycles. The molecule has 0 unspecified atom stereocenters. The highest BCUT2D eigenvalue weighted by Gasteiger charge is 2.29. The zero-order valence-electron chi connectivity index (χ0n) is 8.22. The topological polar surface area (TPSA) is 26.3 Å². The van der Waals surface area contributed by atoms with Crippen molar-refractivity contribution >= 4 is 5.78 Å². The summed E-state index contributed by atoms with van der Waals surface area (Å²) in [5.74, 6) is 1.25. The number of hydrogen-bond donors (Lipinski definition) is 0. The molecule has 2 heteroatoms. The van der Waals surface area contributed by atoms with Crippen LogP contribution < -0.4 is 4.74 Å². The number of ketones is 1. The van der Waals surface area contributed by atoms with Crippen LogP contribution in [0.4, 0.5) is 0 Å². The van der Waals surface area contributed by atoms with Crippen LogP contribution in [0.5, 0.6) is 5.75 Å². The van der Waals surface area contributed by atoms with Crippen molar-refractivity contribution in [2.75, 3.05) is 6.61 Å². The fourth-order valence-electron chi connectivity index (χ4n) is 2.54. The Morgan fingerprint density at radius 3 is 2.93 bits per heavy atom. The van der Waals surface area contributed by atoms with E-state index in [0.717, 1.165) is 36.3 Å². The smallest absolute Gasteiger partial charge is 0.163 e. The van der Waals surface area contributed by atoms with Crippen molar-refractivity contribution in [1.29, 1.82) is 0 Å². The molecule has 1 aromatic carbocycles. The van der Waals surface area contributed by atoms with E-state index in [1.165, 1.54) is 11.1 Å². The van der Waals surface area contributed by atoms with E-state index in [1.807, 2.05) is 0 Å². The van der Waals surface area contributed by atoms with Gasteiger partial charge in [0, 0.05) is 24.0 Å². The molecule has 1 heterocycles. The molecular formula is C12H12O2. The molecule has 0 amide bonds. The van der Waals surface area contributed by atoms with Crippen molar-refractivity contribution in [2.45, 2.75) is 26.2 Å². The summed E-state index contributed by atoms with van der Waals surface area (Å²) in [6.45, 7) is 2.80. The predicted octanol–water partition coefficient (Wildman–Crippen LogP) is 2.06. The van der Waals surface area contributed by atoms with Gasteiger partial charge in [-0.25, -0.2) is 0 Å². The summed E-state index contributed by atoms with van der Waals surface area (Å²) in [6.07, 6.45) is 2.52. The molecule has 2 nitrogen and oxygen atoms in total. The monoisotopic (exact) mass is 188 g/mol. The van der Waals surface area contributed by atoms with E-state index in [4.69, 9.17) is 4.74 Å². The van der Waals surface area contributed by atoms with Crippen molar-refractivity contribution in [3.63, 3.8) is 0 Å². The van der Waals surface area contributed by atoms with Gasteiger partial charge in [0.15, 0.2) is 5.78 Å². The fraction of sp³-hybridized carbons (Fsp3) is 0.417. The van der Waals surface area contributed by atoms with Crippen molar-refractivity contribution < 1.29 is 9.53 Å². The molecule has 0 saturated heterocycles. The summed E-state index contributed by atoms with van der Waals surface area (Å²) < 4.78 is 5.50. The fourth-order valence-corrected chi connectivity index (χ4v) is 2.54. The van der Waals surface area contributed by atoms with Crippen molar-refractivity contribution in [3.8, 4) is 5.75 Å². The number of rotatable bonds is 0. The van der Waals surface area contributed by atoms with Gasteiger partial charge in [-0.2, -0.15) is 0 Å². The first-order chi connectivity index (χ1) is 6.77. The quantitative estimate of drug-likeness (QED) is 0.623. The average Bonchev–Trinajstić information content (AvgIpc) is 2.71. The van der Waals surface area contributed by atoms with E-state index in [2.05, 4.69) is 13.0 Å². The van der Waals surface area contributed by atoms with Crippen LogP contribution in [0.2, 0.25) is 0 Å². The molecule has 2 aliphatic rings. The number of carbonyl (C=O) groups excluding carboxylic acids is 1. The van der Waals surface area contributed by atoms with E-state index >= 15 is 0 Å². The van der Waals surface area contributed by atoms with Gasteiger partial charge in [-0.3, -0.25) is 4.79 Å². The SMILES string of the molecule is Cc1cc2c(c3c1CCC3=O)CCO2. The number of fused-ring (bicyclic) bond motifs is 3. The van der Waals surface area contributed by atoms with Gasteiger partial charge in [-0.15, -0.1) is 0 Å². The van der Waals surface area contributed by atoms with Gasteiger partial charge in [0.2, 0.25) is 0 Å². The van der Waals surface area contributed by atoms with Crippen LogP contribution >= 0.6 is 0 Å². The third kappa shape index (κ3) is 0.884. The third-order valence-corrected chi connectivity index (χ3v) is 3.22. The second-order valence-electron chi connectivity index (χ2n) is 4.05. The van der Waals surface area contributed by atoms with Gasteiger partial charge in [0.05, 0.1) is 6.61 Å². The standard InChI is InChI=1S/C12H12O2/c1-7-6-11-9(4-5-14-11)12-8(7)2-3-10(12)13/h6H,2-5H2,1H3. The molecule has 0 bridgehead atoms. The minimum absolute atomic E-state index is 0.311. The molecule has 0 radical (unpaired) electrons. The van der Waals surface area contributed by atoms with Crippen LogP contribution in [-0.2, 0) is 12.8 Å². The number of Topliss-reactive ketones (excluding diaryl/α,β-unsaturated/α-hetero) is 1. The van der Waals surface area contributed by atoms with Gasteiger partial charge >= 0.3 is 0 Å². The van der Waals surface area contributed by atoms with Crippen molar-refractivity contribution in [2.24, 2.45) is 0 Å². The van der Waals surface area contributed by atoms with E-state index < -0.39 is 0 Å². The van der Waals surface area contributed by atoms with Crippen LogP contribution in [0.3, 0.4) is 0 Å². The maximum absolute atomic E-state index is 11.7. The van der Waals surface area contributed by atoms with Crippen LogP contribution in [-0.4, -0.2) is 12.4 Å². The molecule has 0 N–H and O–H groups in total. The Labute approximate surface area is 82.9 Å². The summed E-state index contributed by atoms with van der Waals surface area (Å²) in [4.78, 5) is 11.7. The maximum Gasteiger partial charge on any atom is 0.163 e. The number of ether oxygens (including phenoxy) is 1. The van der Waals surface area contributed by atoms with Crippen LogP contribution in [0.15, 0.2) is 6.07 Å². The molecule has 0 atom stereocenters. The molecule has 0 spiro atoms. The van der Waals surface area contributed by atoms with Crippen LogP contribution in [0.25, 0.3) is 0 Å². The molecule has 0 saturated carbocycles. The minimum Gasteiger partial charge on any atom is -0.493 e. The molecular weight excluding hydrogens is 176 g/mol. The highest BCUT2D eigenvalue weighted by molar-refractivity contribution is 6.03. The Morgan fingerprint density at radius 1 is 1.21 bits per heavy atom. The minimum atomic E-state index is 0.311. The highest BCUT2D eigenvalue weighted by atomic mass is 16.5. The van der Waals surface area contributed by atoms with Gasteiger partial charge in [0.25, 0.3) is 0 Å². The first kappa shape index (κ1) is 8.04. The first-order valence-electron chi connectivity index (χ1n) is 5.08. The first-order valence-corrected chi connectivity index (χ1v) is 5.08. The zero-order valence-corrected chi connectivity index (χ0v) is 8.22. The summed E-state index contributed by atoms with van der Waals surface area (Å²) in [5, 5.41) is 0. The lowest BCUT2D eigenvalue weighted by Gasteiger charge is -2.07. The van der Waals surface area contributed by atoms with Crippen LogP contribution in [0.1, 0.15) is 33.5 Å². The lowest BCUT2D eigenvalue weighted by Crippen LogP contribution is -1.98. The molecule has 14 heavy (non-hydrogen) atoms. The normalized spacial score (nSPS) is 17.9. The Kier molecular flexibility index (Phi) is 1.49. The average molecular weight is 188 g/mol. The van der Waals surface area contributed by atoms with Gasteiger partial charge in [-0.05, 0) is 30.5 Å². The molecule has 72 valence electrons. The van der Waals surface area contributed by atoms with Crippen molar-refractivity contribution in [1.82, 2.24) is 0 Å². The Bertz CT molecular complexity index is 432. The van der Waals surface area contributed by atoms with E-state index in [-0.39, 0.29) is 0 Å². The highest BCUT2D eigenvalue weighted by Crippen LogP contribution is 2.37. The number of benzene rings is 1.